The van der Waals surface area contributed by atoms with Crippen molar-refractivity contribution < 1.29 is 29.3 Å². The van der Waals surface area contributed by atoms with E-state index >= 15 is 0 Å². The second-order valence-corrected chi connectivity index (χ2v) is 8.89. The molecule has 1 heterocycles. The summed E-state index contributed by atoms with van der Waals surface area (Å²) in [6.45, 7) is 0. The first-order valence-electron chi connectivity index (χ1n) is 9.96. The number of benzene rings is 3. The predicted octanol–water partition coefficient (Wildman–Crippen LogP) is 5.40. The van der Waals surface area contributed by atoms with Gasteiger partial charge in [0.05, 0.1) is 32.1 Å². The van der Waals surface area contributed by atoms with Gasteiger partial charge in [0.25, 0.3) is 11.6 Å². The van der Waals surface area contributed by atoms with Crippen molar-refractivity contribution in [2.24, 2.45) is 0 Å². The maximum Gasteiger partial charge on any atom is 0.335 e. The van der Waals surface area contributed by atoms with E-state index in [0.29, 0.717) is 16.2 Å². The van der Waals surface area contributed by atoms with Crippen molar-refractivity contribution in [1.29, 1.82) is 0 Å². The molecule has 0 spiro atoms. The number of nitrogens with zero attached hydrogens (tertiary/aromatic N) is 3. The average molecular weight is 524 g/mol. The molecular formula is C23H13N3O8S2. The number of rotatable bonds is 7. The highest BCUT2D eigenvalue weighted by atomic mass is 32.2. The first kappa shape index (κ1) is 24.5. The number of thioether (sulfide) groups is 1. The molecule has 11 nitrogen and oxygen atoms in total. The minimum atomic E-state index is -1.13. The Labute approximate surface area is 211 Å². The third kappa shape index (κ3) is 5.06. The molecule has 0 saturated carbocycles. The van der Waals surface area contributed by atoms with Crippen LogP contribution in [0.2, 0.25) is 0 Å². The van der Waals surface area contributed by atoms with E-state index in [9.17, 15) is 34.9 Å². The minimum absolute atomic E-state index is 0.0226. The van der Waals surface area contributed by atoms with Gasteiger partial charge in [-0.1, -0.05) is 42.2 Å². The highest BCUT2D eigenvalue weighted by molar-refractivity contribution is 8.27. The van der Waals surface area contributed by atoms with Gasteiger partial charge >= 0.3 is 11.7 Å². The highest BCUT2D eigenvalue weighted by Gasteiger charge is 2.33. The number of carboxylic acid groups (broad SMARTS) is 1. The number of nitro groups is 2. The molecule has 13 heteroatoms. The van der Waals surface area contributed by atoms with Crippen molar-refractivity contribution in [3.05, 3.63) is 103 Å². The van der Waals surface area contributed by atoms with Crippen molar-refractivity contribution in [2.45, 2.75) is 0 Å². The molecule has 0 aromatic heterocycles. The SMILES string of the molecule is O=C(O)c1cccc(N2C(=O)/C(=C/c3ccc(Oc4ccc([N+](=O)[O-])cc4[N+](=O)[O-])cc3)SC2=S)c1. The monoisotopic (exact) mass is 523 g/mol. The van der Waals surface area contributed by atoms with Gasteiger partial charge in [-0.3, -0.25) is 29.9 Å². The van der Waals surface area contributed by atoms with Crippen molar-refractivity contribution in [2.75, 3.05) is 4.90 Å². The molecular weight excluding hydrogens is 510 g/mol. The number of carbonyl (C=O) groups is 2. The maximum atomic E-state index is 13.0. The van der Waals surface area contributed by atoms with E-state index in [4.69, 9.17) is 17.0 Å². The fourth-order valence-corrected chi connectivity index (χ4v) is 4.53. The van der Waals surface area contributed by atoms with Gasteiger partial charge < -0.3 is 9.84 Å². The first-order valence-corrected chi connectivity index (χ1v) is 11.2. The summed E-state index contributed by atoms with van der Waals surface area (Å²) in [5.41, 5.74) is -0.00994. The number of aromatic carboxylic acids is 1. The van der Waals surface area contributed by atoms with Crippen molar-refractivity contribution in [3.8, 4) is 11.5 Å². The fourth-order valence-electron chi connectivity index (χ4n) is 3.23. The zero-order valence-corrected chi connectivity index (χ0v) is 19.5. The second-order valence-electron chi connectivity index (χ2n) is 7.21. The lowest BCUT2D eigenvalue weighted by Gasteiger charge is -2.14. The van der Waals surface area contributed by atoms with E-state index in [1.807, 2.05) is 0 Å². The molecule has 4 rings (SSSR count). The van der Waals surface area contributed by atoms with Crippen molar-refractivity contribution in [3.63, 3.8) is 0 Å². The molecule has 180 valence electrons. The Morgan fingerprint density at radius 3 is 2.39 bits per heavy atom. The number of ether oxygens (including phenoxy) is 1. The number of carbonyl (C=O) groups excluding carboxylic acids is 1. The van der Waals surface area contributed by atoms with Gasteiger partial charge in [0.2, 0.25) is 5.75 Å². The summed E-state index contributed by atoms with van der Waals surface area (Å²) in [6.07, 6.45) is 1.60. The molecule has 1 amide bonds. The van der Waals surface area contributed by atoms with Gasteiger partial charge in [-0.15, -0.1) is 0 Å². The minimum Gasteiger partial charge on any atom is -0.478 e. The van der Waals surface area contributed by atoms with Crippen molar-refractivity contribution >= 4 is 63.3 Å². The number of thiocarbonyl (C=S) groups is 1. The Kier molecular flexibility index (Phi) is 6.76. The average Bonchev–Trinajstić information content (AvgIpc) is 3.12. The Balaban J connectivity index is 1.54. The molecule has 0 aliphatic carbocycles. The molecule has 1 aliphatic heterocycles. The molecule has 3 aromatic carbocycles. The van der Waals surface area contributed by atoms with Crippen molar-refractivity contribution in [1.82, 2.24) is 0 Å². The van der Waals surface area contributed by atoms with Crippen LogP contribution in [0.5, 0.6) is 11.5 Å². The number of hydrogen-bond acceptors (Lipinski definition) is 9. The summed E-state index contributed by atoms with van der Waals surface area (Å²) in [5, 5.41) is 31.4. The maximum absolute atomic E-state index is 13.0. The third-order valence-electron chi connectivity index (χ3n) is 4.90. The summed E-state index contributed by atoms with van der Waals surface area (Å²) in [6, 6.07) is 15.2. The van der Waals surface area contributed by atoms with E-state index in [1.54, 1.807) is 24.3 Å². The van der Waals surface area contributed by atoms with E-state index in [1.165, 1.54) is 35.2 Å². The summed E-state index contributed by atoms with van der Waals surface area (Å²) < 4.78 is 5.79. The van der Waals surface area contributed by atoms with Gasteiger partial charge in [-0.05, 0) is 48.0 Å². The second kappa shape index (κ2) is 9.93. The lowest BCUT2D eigenvalue weighted by Crippen LogP contribution is -2.27. The summed E-state index contributed by atoms with van der Waals surface area (Å²) >= 11 is 6.38. The Morgan fingerprint density at radius 1 is 1.03 bits per heavy atom. The number of hydrogen-bond donors (Lipinski definition) is 1. The van der Waals surface area contributed by atoms with Crippen LogP contribution in [0.3, 0.4) is 0 Å². The Hall–Kier alpha value is -4.62. The van der Waals surface area contributed by atoms with E-state index in [-0.39, 0.29) is 21.4 Å². The molecule has 0 radical (unpaired) electrons. The Bertz CT molecular complexity index is 1470. The lowest BCUT2D eigenvalue weighted by atomic mass is 10.1. The quantitative estimate of drug-likeness (QED) is 0.184. The zero-order chi connectivity index (χ0) is 26.0. The molecule has 1 N–H and O–H groups in total. The molecule has 1 fully saturated rings. The molecule has 0 unspecified atom stereocenters. The molecule has 1 saturated heterocycles. The van der Waals surface area contributed by atoms with Gasteiger partial charge in [0.15, 0.2) is 4.32 Å². The molecule has 36 heavy (non-hydrogen) atoms. The number of amides is 1. The number of carboxylic acids is 1. The van der Waals surface area contributed by atoms with Crippen LogP contribution in [-0.4, -0.2) is 31.2 Å². The van der Waals surface area contributed by atoms with E-state index in [2.05, 4.69) is 0 Å². The third-order valence-corrected chi connectivity index (χ3v) is 6.20. The van der Waals surface area contributed by atoms with Crippen LogP contribution in [-0.2, 0) is 4.79 Å². The normalized spacial score (nSPS) is 14.2. The highest BCUT2D eigenvalue weighted by Crippen LogP contribution is 2.37. The van der Waals surface area contributed by atoms with Gasteiger partial charge in [0.1, 0.15) is 5.75 Å². The molecule has 0 bridgehead atoms. The van der Waals surface area contributed by atoms with Gasteiger partial charge in [-0.2, -0.15) is 0 Å². The predicted molar refractivity (Wildman–Crippen MR) is 135 cm³/mol. The number of nitro benzene ring substituents is 2. The van der Waals surface area contributed by atoms with Crippen LogP contribution in [0.25, 0.3) is 6.08 Å². The van der Waals surface area contributed by atoms with Gasteiger partial charge in [-0.25, -0.2) is 4.79 Å². The summed E-state index contributed by atoms with van der Waals surface area (Å²) in [4.78, 5) is 46.4. The first-order chi connectivity index (χ1) is 17.1. The van der Waals surface area contributed by atoms with E-state index in [0.717, 1.165) is 30.0 Å². The Morgan fingerprint density at radius 2 is 1.75 bits per heavy atom. The van der Waals surface area contributed by atoms with Gasteiger partial charge in [0, 0.05) is 6.07 Å². The summed E-state index contributed by atoms with van der Waals surface area (Å²) in [5.74, 6) is -1.46. The topological polar surface area (TPSA) is 153 Å². The van der Waals surface area contributed by atoms with E-state index < -0.39 is 33.1 Å². The fraction of sp³-hybridized carbons (Fsp3) is 0. The number of anilines is 1. The summed E-state index contributed by atoms with van der Waals surface area (Å²) in [7, 11) is 0. The molecule has 0 atom stereocenters. The number of non-ortho nitro benzene ring substituents is 1. The van der Waals surface area contributed by atoms with Crippen LogP contribution in [0, 0.1) is 20.2 Å². The van der Waals surface area contributed by atoms with Crippen LogP contribution in [0.4, 0.5) is 17.1 Å². The smallest absolute Gasteiger partial charge is 0.335 e. The molecule has 1 aliphatic rings. The van der Waals surface area contributed by atoms with Crippen LogP contribution < -0.4 is 9.64 Å². The standard InChI is InChI=1S/C23H13N3O8S2/c27-21-20(36-23(35)24(21)15-3-1-2-14(11-15)22(28)29)10-13-4-7-17(8-5-13)34-19-9-6-16(25(30)31)12-18(19)26(32)33/h1-12H,(H,28,29)/b20-10-. The zero-order valence-electron chi connectivity index (χ0n) is 17.9. The lowest BCUT2D eigenvalue weighted by molar-refractivity contribution is -0.394. The largest absolute Gasteiger partial charge is 0.478 e. The van der Waals surface area contributed by atoms with Crippen LogP contribution >= 0.6 is 24.0 Å². The van der Waals surface area contributed by atoms with Crippen LogP contribution in [0.1, 0.15) is 15.9 Å². The van der Waals surface area contributed by atoms with Crippen LogP contribution in [0.15, 0.2) is 71.6 Å². The molecule has 3 aromatic rings.